The van der Waals surface area contributed by atoms with Crippen molar-refractivity contribution in [2.75, 3.05) is 24.0 Å². The molecule has 0 aliphatic carbocycles. The molecule has 11 heteroatoms. The second kappa shape index (κ2) is 8.29. The molecule has 158 valence electrons. The summed E-state index contributed by atoms with van der Waals surface area (Å²) in [7, 11) is -3.20. The maximum absolute atomic E-state index is 13.0. The van der Waals surface area contributed by atoms with Gasteiger partial charge < -0.3 is 15.8 Å². The van der Waals surface area contributed by atoms with Gasteiger partial charge in [0, 0.05) is 0 Å². The number of benzene rings is 2. The van der Waals surface area contributed by atoms with Crippen molar-refractivity contribution >= 4 is 27.4 Å². The topological polar surface area (TPSA) is 111 Å². The molecule has 0 aliphatic heterocycles. The largest absolute Gasteiger partial charge is 0.467 e. The molecular formula is C18H20F3N3O4S. The number of nitrogens with one attached hydrogen (secondary N) is 2. The number of nitrogens with two attached hydrogens (primary N) is 1. The first kappa shape index (κ1) is 22.5. The highest BCUT2D eigenvalue weighted by molar-refractivity contribution is 7.89. The zero-order valence-corrected chi connectivity index (χ0v) is 16.4. The number of nitrogen functional groups attached to an aromatic ring is 1. The van der Waals surface area contributed by atoms with Crippen LogP contribution in [0.3, 0.4) is 0 Å². The predicted octanol–water partition coefficient (Wildman–Crippen LogP) is 2.66. The number of ether oxygens (including phenoxy) is 1. The van der Waals surface area contributed by atoms with E-state index < -0.39 is 39.1 Å². The smallest absolute Gasteiger partial charge is 0.416 e. The van der Waals surface area contributed by atoms with E-state index in [1.165, 1.54) is 6.07 Å². The monoisotopic (exact) mass is 431 g/mol. The zero-order chi connectivity index (χ0) is 21.9. The first-order valence-electron chi connectivity index (χ1n) is 8.25. The number of hydrogen-bond acceptors (Lipinski definition) is 6. The lowest BCUT2D eigenvalue weighted by Crippen LogP contribution is -2.51. The third-order valence-electron chi connectivity index (χ3n) is 4.13. The lowest BCUT2D eigenvalue weighted by molar-refractivity contribution is -0.147. The van der Waals surface area contributed by atoms with Gasteiger partial charge in [-0.25, -0.2) is 13.2 Å². The number of hydrogen-bond donors (Lipinski definition) is 3. The van der Waals surface area contributed by atoms with Gasteiger partial charge in [-0.1, -0.05) is 24.3 Å². The average molecular weight is 431 g/mol. The minimum atomic E-state index is -4.67. The molecule has 2 aromatic carbocycles. The normalized spacial score (nSPS) is 14.1. The first-order chi connectivity index (χ1) is 13.4. The number of carbonyl (C=O) groups is 1. The summed E-state index contributed by atoms with van der Waals surface area (Å²) in [6.45, 7) is 1.13. The molecule has 1 unspecified atom stereocenters. The van der Waals surface area contributed by atoms with Crippen LogP contribution in [0.5, 0.6) is 0 Å². The van der Waals surface area contributed by atoms with E-state index in [0.717, 1.165) is 26.2 Å². The Hall–Kier alpha value is -2.79. The summed E-state index contributed by atoms with van der Waals surface area (Å²) >= 11 is 0. The number of anilines is 2. The van der Waals surface area contributed by atoms with Gasteiger partial charge in [0.05, 0.1) is 24.0 Å². The number of sulfonamides is 1. The Morgan fingerprint density at radius 1 is 1.10 bits per heavy atom. The number of carbonyl (C=O) groups excluding carboxylic acids is 1. The standard InChI is InChI=1S/C18H20F3N3O4S/c1-17(16(25)28-2,12-6-5-7-13(10-12)18(19,20)21)24-29(26,27)11-23-15-9-4-3-8-14(15)22/h3-10,23-24H,11,22H2,1-2H3. The van der Waals surface area contributed by atoms with E-state index in [2.05, 4.69) is 14.8 Å². The molecule has 0 spiro atoms. The van der Waals surface area contributed by atoms with E-state index in [-0.39, 0.29) is 5.56 Å². The highest BCUT2D eigenvalue weighted by Gasteiger charge is 2.42. The van der Waals surface area contributed by atoms with Crippen LogP contribution in [0.2, 0.25) is 0 Å². The van der Waals surface area contributed by atoms with E-state index in [1.54, 1.807) is 24.3 Å². The summed E-state index contributed by atoms with van der Waals surface area (Å²) in [6.07, 6.45) is -4.67. The van der Waals surface area contributed by atoms with Crippen LogP contribution in [0.15, 0.2) is 48.5 Å². The Labute approximate surface area is 166 Å². The van der Waals surface area contributed by atoms with Gasteiger partial charge in [-0.15, -0.1) is 0 Å². The van der Waals surface area contributed by atoms with Crippen LogP contribution in [0.1, 0.15) is 18.1 Å². The Bertz CT molecular complexity index is 996. The van der Waals surface area contributed by atoms with Gasteiger partial charge in [0.1, 0.15) is 5.88 Å². The van der Waals surface area contributed by atoms with Crippen molar-refractivity contribution in [3.05, 3.63) is 59.7 Å². The highest BCUT2D eigenvalue weighted by atomic mass is 32.2. The summed E-state index contributed by atoms with van der Waals surface area (Å²) in [5.74, 6) is -1.74. The van der Waals surface area contributed by atoms with Gasteiger partial charge in [-0.3, -0.25) is 0 Å². The molecule has 0 heterocycles. The second-order valence-electron chi connectivity index (χ2n) is 6.32. The quantitative estimate of drug-likeness (QED) is 0.459. The number of alkyl halides is 3. The molecule has 2 rings (SSSR count). The number of halogens is 3. The fourth-order valence-corrected chi connectivity index (χ4v) is 3.85. The molecule has 0 aromatic heterocycles. The van der Waals surface area contributed by atoms with E-state index in [1.807, 2.05) is 0 Å². The SMILES string of the molecule is COC(=O)C(C)(NS(=O)(=O)CNc1ccccc1N)c1cccc(C(F)(F)F)c1. The molecule has 29 heavy (non-hydrogen) atoms. The van der Waals surface area contributed by atoms with Crippen LogP contribution in [-0.4, -0.2) is 27.4 Å². The van der Waals surface area contributed by atoms with E-state index in [4.69, 9.17) is 5.73 Å². The molecule has 0 aliphatic rings. The molecule has 0 fully saturated rings. The van der Waals surface area contributed by atoms with Crippen LogP contribution < -0.4 is 15.8 Å². The van der Waals surface area contributed by atoms with Gasteiger partial charge in [-0.2, -0.15) is 17.9 Å². The fourth-order valence-electron chi connectivity index (χ4n) is 2.61. The number of esters is 1. The summed E-state index contributed by atoms with van der Waals surface area (Å²) in [5, 5.41) is 2.61. The molecule has 0 saturated carbocycles. The Kier molecular flexibility index (Phi) is 6.43. The van der Waals surface area contributed by atoms with Crippen molar-refractivity contribution in [3.8, 4) is 0 Å². The molecule has 0 amide bonds. The summed E-state index contributed by atoms with van der Waals surface area (Å²) in [5.41, 5.74) is 3.05. The van der Waals surface area contributed by atoms with Crippen LogP contribution >= 0.6 is 0 Å². The summed E-state index contributed by atoms with van der Waals surface area (Å²) in [4.78, 5) is 12.3. The summed E-state index contributed by atoms with van der Waals surface area (Å²) < 4.78 is 71.0. The molecule has 0 radical (unpaired) electrons. The fraction of sp³-hybridized carbons (Fsp3) is 0.278. The molecule has 0 saturated heterocycles. The third-order valence-corrected chi connectivity index (χ3v) is 5.38. The molecular weight excluding hydrogens is 411 g/mol. The number of rotatable bonds is 7. The molecule has 4 N–H and O–H groups in total. The third kappa shape index (κ3) is 5.39. The van der Waals surface area contributed by atoms with E-state index in [9.17, 15) is 26.4 Å². The zero-order valence-electron chi connectivity index (χ0n) is 15.6. The Balaban J connectivity index is 2.35. The van der Waals surface area contributed by atoms with Gasteiger partial charge >= 0.3 is 12.1 Å². The predicted molar refractivity (Wildman–Crippen MR) is 102 cm³/mol. The minimum absolute atomic E-state index is 0.220. The summed E-state index contributed by atoms with van der Waals surface area (Å²) in [6, 6.07) is 10.2. The van der Waals surface area contributed by atoms with E-state index in [0.29, 0.717) is 17.4 Å². The lowest BCUT2D eigenvalue weighted by atomic mass is 9.92. The maximum Gasteiger partial charge on any atom is 0.416 e. The van der Waals surface area contributed by atoms with Crippen molar-refractivity contribution in [2.45, 2.75) is 18.6 Å². The van der Waals surface area contributed by atoms with Gasteiger partial charge in [0.15, 0.2) is 5.54 Å². The Morgan fingerprint density at radius 3 is 2.31 bits per heavy atom. The van der Waals surface area contributed by atoms with Crippen molar-refractivity contribution in [3.63, 3.8) is 0 Å². The number of para-hydroxylation sites is 2. The maximum atomic E-state index is 13.0. The average Bonchev–Trinajstić information content (AvgIpc) is 2.65. The van der Waals surface area contributed by atoms with Gasteiger partial charge in [-0.05, 0) is 36.8 Å². The second-order valence-corrected chi connectivity index (χ2v) is 8.04. The van der Waals surface area contributed by atoms with Crippen LogP contribution in [0, 0.1) is 0 Å². The molecule has 0 bridgehead atoms. The molecule has 1 atom stereocenters. The van der Waals surface area contributed by atoms with Gasteiger partial charge in [0.25, 0.3) is 0 Å². The highest BCUT2D eigenvalue weighted by Crippen LogP contribution is 2.33. The van der Waals surface area contributed by atoms with Crippen molar-refractivity contribution in [1.82, 2.24) is 4.72 Å². The van der Waals surface area contributed by atoms with Crippen molar-refractivity contribution in [2.24, 2.45) is 0 Å². The Morgan fingerprint density at radius 2 is 1.72 bits per heavy atom. The van der Waals surface area contributed by atoms with Crippen molar-refractivity contribution < 1.29 is 31.1 Å². The molecule has 7 nitrogen and oxygen atoms in total. The van der Waals surface area contributed by atoms with Crippen LogP contribution in [-0.2, 0) is 31.3 Å². The number of methoxy groups -OCH3 is 1. The van der Waals surface area contributed by atoms with Gasteiger partial charge in [0.2, 0.25) is 10.0 Å². The first-order valence-corrected chi connectivity index (χ1v) is 9.90. The van der Waals surface area contributed by atoms with Crippen LogP contribution in [0.4, 0.5) is 24.5 Å². The minimum Gasteiger partial charge on any atom is -0.467 e. The van der Waals surface area contributed by atoms with Crippen molar-refractivity contribution in [1.29, 1.82) is 0 Å². The molecule has 2 aromatic rings. The van der Waals surface area contributed by atoms with Crippen LogP contribution in [0.25, 0.3) is 0 Å². The lowest BCUT2D eigenvalue weighted by Gasteiger charge is -2.29. The van der Waals surface area contributed by atoms with E-state index >= 15 is 0 Å².